The van der Waals surface area contributed by atoms with Gasteiger partial charge in [-0.15, -0.1) is 12.6 Å². The number of thiocarbonyl (C=S) groups is 1. The highest BCUT2D eigenvalue weighted by Gasteiger charge is 1.89. The smallest absolute Gasteiger partial charge is 0.132 e. The highest BCUT2D eigenvalue weighted by atomic mass is 32.1. The summed E-state index contributed by atoms with van der Waals surface area (Å²) < 4.78 is 0.315. The predicted octanol–water partition coefficient (Wildman–Crippen LogP) is 0.129. The van der Waals surface area contributed by atoms with Crippen molar-refractivity contribution in [2.45, 2.75) is 13.2 Å². The van der Waals surface area contributed by atoms with Gasteiger partial charge in [-0.1, -0.05) is 12.2 Å². The van der Waals surface area contributed by atoms with Gasteiger partial charge in [0.2, 0.25) is 0 Å². The molecule has 0 rings (SSSR count). The van der Waals surface area contributed by atoms with Gasteiger partial charge in [0.05, 0.1) is 0 Å². The van der Waals surface area contributed by atoms with Gasteiger partial charge in [0.25, 0.3) is 0 Å². The lowest BCUT2D eigenvalue weighted by molar-refractivity contribution is 0.182. The van der Waals surface area contributed by atoms with Gasteiger partial charge < -0.3 is 10.4 Å². The molecule has 1 atom stereocenters. The Balaban J connectivity index is 3.13. The van der Waals surface area contributed by atoms with Crippen LogP contribution in [0.5, 0.6) is 0 Å². The van der Waals surface area contributed by atoms with E-state index in [1.54, 1.807) is 6.92 Å². The summed E-state index contributed by atoms with van der Waals surface area (Å²) in [5.74, 6) is 0. The van der Waals surface area contributed by atoms with Crippen LogP contribution >= 0.6 is 24.8 Å². The molecule has 0 amide bonds. The molecule has 0 aliphatic carbocycles. The summed E-state index contributed by atoms with van der Waals surface area (Å²) in [6.07, 6.45) is -0.593. The summed E-state index contributed by atoms with van der Waals surface area (Å²) in [4.78, 5) is 0. The number of aliphatic hydroxyl groups is 1. The van der Waals surface area contributed by atoms with Gasteiger partial charge in [0.15, 0.2) is 0 Å². The normalized spacial score (nSPS) is 13.0. The van der Waals surface area contributed by atoms with Crippen molar-refractivity contribution in [2.24, 2.45) is 0 Å². The second-order valence-corrected chi connectivity index (χ2v) is 2.28. The lowest BCUT2D eigenvalue weighted by Gasteiger charge is -2.03. The van der Waals surface area contributed by atoms with E-state index in [-0.39, 0.29) is 0 Å². The molecule has 0 aliphatic rings. The van der Waals surface area contributed by atoms with Crippen LogP contribution in [-0.4, -0.2) is 15.7 Å². The topological polar surface area (TPSA) is 32.3 Å². The fourth-order valence-corrected chi connectivity index (χ4v) is 0.536. The number of nitrogens with one attached hydrogen (secondary N) is 1. The van der Waals surface area contributed by atoms with E-state index in [4.69, 9.17) is 5.11 Å². The molecular formula is C3H7NOS2. The van der Waals surface area contributed by atoms with Gasteiger partial charge in [0, 0.05) is 0 Å². The second-order valence-electron chi connectivity index (χ2n) is 1.13. The lowest BCUT2D eigenvalue weighted by atomic mass is 10.7. The number of rotatable bonds is 1. The monoisotopic (exact) mass is 137 g/mol. The molecule has 2 N–H and O–H groups in total. The third-order valence-corrected chi connectivity index (χ3v) is 0.579. The Hall–Kier alpha value is 0.200. The van der Waals surface area contributed by atoms with E-state index in [1.165, 1.54) is 0 Å². The van der Waals surface area contributed by atoms with Crippen LogP contribution in [0.25, 0.3) is 0 Å². The van der Waals surface area contributed by atoms with Crippen LogP contribution < -0.4 is 5.32 Å². The third kappa shape index (κ3) is 6.20. The zero-order valence-corrected chi connectivity index (χ0v) is 5.59. The van der Waals surface area contributed by atoms with E-state index >= 15 is 0 Å². The van der Waals surface area contributed by atoms with E-state index in [1.807, 2.05) is 0 Å². The van der Waals surface area contributed by atoms with Crippen molar-refractivity contribution in [3.63, 3.8) is 0 Å². The van der Waals surface area contributed by atoms with E-state index in [0.717, 1.165) is 0 Å². The first-order chi connectivity index (χ1) is 3.13. The molecule has 0 bridgehead atoms. The molecule has 7 heavy (non-hydrogen) atoms. The summed E-state index contributed by atoms with van der Waals surface area (Å²) in [6, 6.07) is 0. The summed E-state index contributed by atoms with van der Waals surface area (Å²) in [6.45, 7) is 1.57. The number of thiol groups is 1. The minimum absolute atomic E-state index is 0.315. The Labute approximate surface area is 53.3 Å². The number of aliphatic hydroxyl groups excluding tert-OH is 1. The average Bonchev–Trinajstić information content (AvgIpc) is 1.27. The van der Waals surface area contributed by atoms with E-state index in [2.05, 4.69) is 30.2 Å². The molecule has 0 aromatic heterocycles. The molecule has 0 aliphatic heterocycles. The van der Waals surface area contributed by atoms with Crippen LogP contribution in [0, 0.1) is 0 Å². The van der Waals surface area contributed by atoms with Crippen LogP contribution in [0.3, 0.4) is 0 Å². The van der Waals surface area contributed by atoms with Crippen molar-refractivity contribution >= 4 is 29.2 Å². The van der Waals surface area contributed by atoms with Crippen LogP contribution in [0.15, 0.2) is 0 Å². The van der Waals surface area contributed by atoms with Crippen molar-refractivity contribution in [2.75, 3.05) is 0 Å². The lowest BCUT2D eigenvalue weighted by Crippen LogP contribution is -2.26. The molecule has 4 heteroatoms. The van der Waals surface area contributed by atoms with E-state index in [0.29, 0.717) is 4.32 Å². The highest BCUT2D eigenvalue weighted by Crippen LogP contribution is 1.78. The minimum Gasteiger partial charge on any atom is -0.374 e. The Bertz CT molecular complexity index is 73.3. The molecular weight excluding hydrogens is 130 g/mol. The fraction of sp³-hybridized carbons (Fsp3) is 0.667. The third-order valence-electron chi connectivity index (χ3n) is 0.332. The molecule has 0 radical (unpaired) electrons. The van der Waals surface area contributed by atoms with Gasteiger partial charge >= 0.3 is 0 Å². The highest BCUT2D eigenvalue weighted by molar-refractivity contribution is 8.11. The molecule has 0 heterocycles. The predicted molar refractivity (Wildman–Crippen MR) is 36.4 cm³/mol. The van der Waals surface area contributed by atoms with E-state index < -0.39 is 6.23 Å². The van der Waals surface area contributed by atoms with Gasteiger partial charge in [-0.2, -0.15) is 0 Å². The number of hydrogen-bond acceptors (Lipinski definition) is 2. The van der Waals surface area contributed by atoms with Gasteiger partial charge in [-0.3, -0.25) is 0 Å². The van der Waals surface area contributed by atoms with Crippen LogP contribution in [0.4, 0.5) is 0 Å². The average molecular weight is 137 g/mol. The quantitative estimate of drug-likeness (QED) is 0.273. The van der Waals surface area contributed by atoms with Crippen molar-refractivity contribution in [3.05, 3.63) is 0 Å². The molecule has 0 spiro atoms. The summed E-state index contributed by atoms with van der Waals surface area (Å²) >= 11 is 8.16. The van der Waals surface area contributed by atoms with Crippen LogP contribution in [0.2, 0.25) is 0 Å². The number of hydrogen-bond donors (Lipinski definition) is 3. The van der Waals surface area contributed by atoms with Crippen molar-refractivity contribution in [3.8, 4) is 0 Å². The summed E-state index contributed by atoms with van der Waals surface area (Å²) in [5.41, 5.74) is 0. The molecule has 0 saturated heterocycles. The SMILES string of the molecule is CC(O)NC(=S)S. The van der Waals surface area contributed by atoms with Gasteiger partial charge in [0.1, 0.15) is 10.5 Å². The van der Waals surface area contributed by atoms with E-state index in [9.17, 15) is 0 Å². The molecule has 0 aromatic carbocycles. The van der Waals surface area contributed by atoms with Crippen LogP contribution in [0.1, 0.15) is 6.92 Å². The molecule has 42 valence electrons. The van der Waals surface area contributed by atoms with Crippen molar-refractivity contribution in [1.82, 2.24) is 5.32 Å². The molecule has 0 saturated carbocycles. The molecule has 0 fully saturated rings. The van der Waals surface area contributed by atoms with Crippen molar-refractivity contribution < 1.29 is 5.11 Å². The molecule has 0 aromatic rings. The Morgan fingerprint density at radius 3 is 2.43 bits per heavy atom. The Morgan fingerprint density at radius 1 is 2.00 bits per heavy atom. The first-order valence-electron chi connectivity index (χ1n) is 1.80. The minimum atomic E-state index is -0.593. The maximum atomic E-state index is 8.48. The summed E-state index contributed by atoms with van der Waals surface area (Å²) in [7, 11) is 0. The maximum absolute atomic E-state index is 8.48. The first kappa shape index (κ1) is 7.20. The standard InChI is InChI=1S/C3H7NOS2/c1-2(5)4-3(6)7/h2,5H,1H3,(H2,4,6,7). The van der Waals surface area contributed by atoms with Crippen LogP contribution in [-0.2, 0) is 0 Å². The molecule has 1 unspecified atom stereocenters. The zero-order chi connectivity index (χ0) is 5.86. The second kappa shape index (κ2) is 3.23. The zero-order valence-electron chi connectivity index (χ0n) is 3.88. The largest absolute Gasteiger partial charge is 0.374 e. The van der Waals surface area contributed by atoms with Gasteiger partial charge in [-0.05, 0) is 6.92 Å². The van der Waals surface area contributed by atoms with Gasteiger partial charge in [-0.25, -0.2) is 0 Å². The Kier molecular flexibility index (Phi) is 3.33. The Morgan fingerprint density at radius 2 is 2.43 bits per heavy atom. The summed E-state index contributed by atoms with van der Waals surface area (Å²) in [5, 5.41) is 10.9. The maximum Gasteiger partial charge on any atom is 0.132 e. The first-order valence-corrected chi connectivity index (χ1v) is 2.66. The molecule has 2 nitrogen and oxygen atoms in total. The fourth-order valence-electron chi connectivity index (χ4n) is 0.179. The van der Waals surface area contributed by atoms with Crippen molar-refractivity contribution in [1.29, 1.82) is 0 Å².